The lowest BCUT2D eigenvalue weighted by Gasteiger charge is -2.27. The highest BCUT2D eigenvalue weighted by atomic mass is 16.2. The molecule has 6 heteroatoms. The summed E-state index contributed by atoms with van der Waals surface area (Å²) in [7, 11) is 0. The van der Waals surface area contributed by atoms with Crippen molar-refractivity contribution in [3.05, 3.63) is 30.1 Å². The number of urea groups is 1. The number of carbonyl (C=O) groups excluding carboxylic acids is 2. The van der Waals surface area contributed by atoms with Gasteiger partial charge in [-0.25, -0.2) is 4.79 Å². The van der Waals surface area contributed by atoms with Crippen LogP contribution in [-0.2, 0) is 4.79 Å². The van der Waals surface area contributed by atoms with Gasteiger partial charge in [0, 0.05) is 38.1 Å². The Bertz CT molecular complexity index is 602. The Kier molecular flexibility index (Phi) is 3.67. The molecule has 1 aliphatic carbocycles. The van der Waals surface area contributed by atoms with Crippen molar-refractivity contribution in [1.82, 2.24) is 19.7 Å². The molecule has 2 aliphatic heterocycles. The molecular formula is C17H22N4O2. The predicted molar refractivity (Wildman–Crippen MR) is 84.6 cm³/mol. The topological polar surface area (TPSA) is 56.8 Å². The van der Waals surface area contributed by atoms with Gasteiger partial charge in [-0.15, -0.1) is 0 Å². The van der Waals surface area contributed by atoms with Crippen molar-refractivity contribution < 1.29 is 9.59 Å². The number of likely N-dealkylation sites (tertiary alicyclic amines) is 1. The smallest absolute Gasteiger partial charge is 0.320 e. The maximum absolute atomic E-state index is 12.7. The van der Waals surface area contributed by atoms with Crippen molar-refractivity contribution in [2.45, 2.75) is 37.8 Å². The molecule has 1 aromatic heterocycles. The predicted octanol–water partition coefficient (Wildman–Crippen LogP) is 1.65. The number of rotatable bonds is 4. The molecule has 0 spiro atoms. The van der Waals surface area contributed by atoms with Crippen LogP contribution in [0.25, 0.3) is 0 Å². The van der Waals surface area contributed by atoms with E-state index in [0.717, 1.165) is 44.3 Å². The van der Waals surface area contributed by atoms with E-state index < -0.39 is 0 Å². The third-order valence-corrected chi connectivity index (χ3v) is 5.08. The zero-order valence-corrected chi connectivity index (χ0v) is 13.2. The summed E-state index contributed by atoms with van der Waals surface area (Å²) in [6.45, 7) is 2.42. The number of hydrogen-bond acceptors (Lipinski definition) is 3. The Balaban J connectivity index is 1.41. The van der Waals surface area contributed by atoms with Crippen LogP contribution in [0, 0.1) is 0 Å². The van der Waals surface area contributed by atoms with E-state index in [9.17, 15) is 9.59 Å². The second-order valence-corrected chi connectivity index (χ2v) is 6.66. The molecule has 1 saturated carbocycles. The molecule has 1 aromatic rings. The van der Waals surface area contributed by atoms with Gasteiger partial charge >= 0.3 is 6.03 Å². The standard InChI is InChI=1S/C17H22N4O2/c22-16(12-19-9-10-20(17(19)23)14-5-6-14)21-8-2-4-15(21)13-3-1-7-18-11-13/h1,3,7,11,14-15H,2,4-6,8-10,12H2. The average molecular weight is 314 g/mol. The maximum atomic E-state index is 12.7. The lowest BCUT2D eigenvalue weighted by molar-refractivity contribution is -0.132. The van der Waals surface area contributed by atoms with Gasteiger partial charge in [0.05, 0.1) is 6.04 Å². The van der Waals surface area contributed by atoms with E-state index in [0.29, 0.717) is 12.6 Å². The van der Waals surface area contributed by atoms with Crippen LogP contribution in [0.5, 0.6) is 0 Å². The van der Waals surface area contributed by atoms with Crippen LogP contribution in [0.3, 0.4) is 0 Å². The van der Waals surface area contributed by atoms with Crippen LogP contribution < -0.4 is 0 Å². The van der Waals surface area contributed by atoms with Gasteiger partial charge in [-0.2, -0.15) is 0 Å². The van der Waals surface area contributed by atoms with Crippen LogP contribution in [0.15, 0.2) is 24.5 Å². The van der Waals surface area contributed by atoms with Crippen molar-refractivity contribution in [2.24, 2.45) is 0 Å². The Morgan fingerprint density at radius 2 is 2.09 bits per heavy atom. The summed E-state index contributed by atoms with van der Waals surface area (Å²) < 4.78 is 0. The fraction of sp³-hybridized carbons (Fsp3) is 0.588. The molecule has 0 N–H and O–H groups in total. The minimum Gasteiger partial charge on any atom is -0.334 e. The minimum atomic E-state index is 0.0398. The third-order valence-electron chi connectivity index (χ3n) is 5.08. The SMILES string of the molecule is O=C1N(CC(=O)N2CCCC2c2cccnc2)CCN1C1CC1. The Morgan fingerprint density at radius 1 is 1.22 bits per heavy atom. The Labute approximate surface area is 136 Å². The first-order valence-electron chi connectivity index (χ1n) is 8.49. The number of carbonyl (C=O) groups is 2. The fourth-order valence-electron chi connectivity index (χ4n) is 3.71. The molecule has 3 amide bonds. The number of amides is 3. The molecule has 122 valence electrons. The zero-order valence-electron chi connectivity index (χ0n) is 13.2. The van der Waals surface area contributed by atoms with Gasteiger partial charge < -0.3 is 14.7 Å². The van der Waals surface area contributed by atoms with E-state index in [1.807, 2.05) is 28.1 Å². The summed E-state index contributed by atoms with van der Waals surface area (Å²) in [5.41, 5.74) is 1.09. The largest absolute Gasteiger partial charge is 0.334 e. The molecule has 3 heterocycles. The molecule has 3 fully saturated rings. The number of aromatic nitrogens is 1. The van der Waals surface area contributed by atoms with Gasteiger partial charge in [0.1, 0.15) is 6.54 Å². The van der Waals surface area contributed by atoms with Crippen LogP contribution in [0.2, 0.25) is 0 Å². The molecule has 2 saturated heterocycles. The van der Waals surface area contributed by atoms with Crippen LogP contribution >= 0.6 is 0 Å². The average Bonchev–Trinajstić information content (AvgIpc) is 3.17. The first-order chi connectivity index (χ1) is 11.2. The first-order valence-corrected chi connectivity index (χ1v) is 8.49. The first kappa shape index (κ1) is 14.5. The molecule has 23 heavy (non-hydrogen) atoms. The van der Waals surface area contributed by atoms with E-state index in [-0.39, 0.29) is 24.5 Å². The zero-order chi connectivity index (χ0) is 15.8. The molecular weight excluding hydrogens is 292 g/mol. The lowest BCUT2D eigenvalue weighted by atomic mass is 10.1. The normalized spacial score (nSPS) is 24.6. The Hall–Kier alpha value is -2.11. The van der Waals surface area contributed by atoms with Crippen molar-refractivity contribution in [3.63, 3.8) is 0 Å². The third kappa shape index (κ3) is 2.78. The van der Waals surface area contributed by atoms with E-state index in [4.69, 9.17) is 0 Å². The Morgan fingerprint density at radius 3 is 2.83 bits per heavy atom. The molecule has 1 atom stereocenters. The van der Waals surface area contributed by atoms with Gasteiger partial charge in [0.25, 0.3) is 0 Å². The molecule has 0 aromatic carbocycles. The second kappa shape index (κ2) is 5.83. The second-order valence-electron chi connectivity index (χ2n) is 6.66. The molecule has 6 nitrogen and oxygen atoms in total. The van der Waals surface area contributed by atoms with Gasteiger partial charge in [-0.3, -0.25) is 9.78 Å². The van der Waals surface area contributed by atoms with Gasteiger partial charge in [0.15, 0.2) is 0 Å². The molecule has 0 bridgehead atoms. The van der Waals surface area contributed by atoms with Crippen molar-refractivity contribution in [1.29, 1.82) is 0 Å². The monoisotopic (exact) mass is 314 g/mol. The minimum absolute atomic E-state index is 0.0398. The highest BCUT2D eigenvalue weighted by Gasteiger charge is 2.40. The summed E-state index contributed by atoms with van der Waals surface area (Å²) in [5.74, 6) is 0.0577. The molecule has 3 aliphatic rings. The summed E-state index contributed by atoms with van der Waals surface area (Å²) in [6, 6.07) is 4.51. The van der Waals surface area contributed by atoms with E-state index in [1.165, 1.54) is 0 Å². The van der Waals surface area contributed by atoms with Crippen molar-refractivity contribution >= 4 is 11.9 Å². The summed E-state index contributed by atoms with van der Waals surface area (Å²) in [4.78, 5) is 34.8. The molecule has 1 unspecified atom stereocenters. The van der Waals surface area contributed by atoms with E-state index in [2.05, 4.69) is 4.98 Å². The number of hydrogen-bond donors (Lipinski definition) is 0. The number of pyridine rings is 1. The van der Waals surface area contributed by atoms with Crippen molar-refractivity contribution in [3.8, 4) is 0 Å². The van der Waals surface area contributed by atoms with Gasteiger partial charge in [-0.05, 0) is 37.3 Å². The quantitative estimate of drug-likeness (QED) is 0.849. The molecule has 0 radical (unpaired) electrons. The van der Waals surface area contributed by atoms with Crippen LogP contribution in [0.1, 0.15) is 37.3 Å². The van der Waals surface area contributed by atoms with Crippen molar-refractivity contribution in [2.75, 3.05) is 26.2 Å². The highest BCUT2D eigenvalue weighted by molar-refractivity contribution is 5.85. The van der Waals surface area contributed by atoms with E-state index in [1.54, 1.807) is 11.1 Å². The van der Waals surface area contributed by atoms with Crippen LogP contribution in [0.4, 0.5) is 4.79 Å². The summed E-state index contributed by atoms with van der Waals surface area (Å²) in [5, 5.41) is 0. The summed E-state index contributed by atoms with van der Waals surface area (Å²) >= 11 is 0. The van der Waals surface area contributed by atoms with Crippen LogP contribution in [-0.4, -0.2) is 63.8 Å². The van der Waals surface area contributed by atoms with E-state index >= 15 is 0 Å². The maximum Gasteiger partial charge on any atom is 0.320 e. The lowest BCUT2D eigenvalue weighted by Crippen LogP contribution is -2.42. The summed E-state index contributed by atoms with van der Waals surface area (Å²) in [6.07, 6.45) is 7.80. The van der Waals surface area contributed by atoms with Gasteiger partial charge in [0.2, 0.25) is 5.91 Å². The fourth-order valence-corrected chi connectivity index (χ4v) is 3.71. The highest BCUT2D eigenvalue weighted by Crippen LogP contribution is 2.32. The number of nitrogens with zero attached hydrogens (tertiary/aromatic N) is 4. The molecule has 4 rings (SSSR count). The van der Waals surface area contributed by atoms with Gasteiger partial charge in [-0.1, -0.05) is 6.07 Å².